The summed E-state index contributed by atoms with van der Waals surface area (Å²) in [6, 6.07) is 0. The van der Waals surface area contributed by atoms with Gasteiger partial charge in [0, 0.05) is 31.1 Å². The lowest BCUT2D eigenvalue weighted by Crippen LogP contribution is -2.56. The number of hydrogen-bond acceptors (Lipinski definition) is 16. The minimum absolute atomic E-state index is 0.0690. The van der Waals surface area contributed by atoms with Crippen LogP contribution >= 0.6 is 15.6 Å². The number of allylic oxidation sites excluding steroid dienone is 10. The summed E-state index contributed by atoms with van der Waals surface area (Å²) in [5.74, 6) is -5.59. The zero-order chi connectivity index (χ0) is 53.4. The van der Waals surface area contributed by atoms with E-state index in [1.165, 1.54) is 25.3 Å². The van der Waals surface area contributed by atoms with Gasteiger partial charge in [-0.3, -0.25) is 28.0 Å². The summed E-state index contributed by atoms with van der Waals surface area (Å²) in [7, 11) is -11.5. The Labute approximate surface area is 425 Å². The zero-order valence-corrected chi connectivity index (χ0v) is 43.8. The van der Waals surface area contributed by atoms with Gasteiger partial charge in [-0.1, -0.05) is 138 Å². The number of phosphoric acid groups is 2. The third kappa shape index (κ3) is 28.1. The summed E-state index contributed by atoms with van der Waals surface area (Å²) in [6.07, 6.45) is 14.1. The Morgan fingerprint density at radius 3 is 1.97 bits per heavy atom. The van der Waals surface area contributed by atoms with E-state index in [4.69, 9.17) is 23.0 Å². The third-order valence-corrected chi connectivity index (χ3v) is 13.7. The lowest BCUT2D eigenvalue weighted by Gasteiger charge is -2.38. The fourth-order valence-electron chi connectivity index (χ4n) is 8.09. The highest BCUT2D eigenvalue weighted by Gasteiger charge is 2.51. The summed E-state index contributed by atoms with van der Waals surface area (Å²) in [5.41, 5.74) is 0. The number of hydrogen-bond donors (Lipinski definition) is 9. The summed E-state index contributed by atoms with van der Waals surface area (Å²) in [6.45, 7) is 2.49. The largest absolute Gasteiger partial charge is 0.472 e. The van der Waals surface area contributed by atoms with Gasteiger partial charge in [0.15, 0.2) is 6.10 Å². The minimum atomic E-state index is -5.79. The van der Waals surface area contributed by atoms with Crippen molar-refractivity contribution in [1.29, 1.82) is 0 Å². The lowest BCUT2D eigenvalue weighted by atomic mass is 9.83. The molecule has 2 aliphatic rings. The molecule has 0 spiro atoms. The average molecular weight is 1060 g/mol. The van der Waals surface area contributed by atoms with Gasteiger partial charge in [-0.05, 0) is 64.2 Å². The molecule has 0 aromatic heterocycles. The highest BCUT2D eigenvalue weighted by Crippen LogP contribution is 2.49. The van der Waals surface area contributed by atoms with Crippen LogP contribution in [-0.4, -0.2) is 131 Å². The second-order valence-electron chi connectivity index (χ2n) is 18.3. The maximum Gasteiger partial charge on any atom is 0.472 e. The molecule has 0 radical (unpaired) electrons. The molecular weight excluding hydrogens is 978 g/mol. The molecule has 0 amide bonds. The summed E-state index contributed by atoms with van der Waals surface area (Å²) >= 11 is 0. The molecule has 1 heterocycles. The molecule has 9 N–H and O–H groups in total. The number of fused-ring (bicyclic) bond motifs is 4. The van der Waals surface area contributed by atoms with Gasteiger partial charge >= 0.3 is 27.6 Å². The molecule has 1 saturated carbocycles. The lowest BCUT2D eigenvalue weighted by molar-refractivity contribution is -0.165. The van der Waals surface area contributed by atoms with Crippen molar-refractivity contribution in [2.45, 2.75) is 204 Å². The molecule has 2 fully saturated rings. The number of esters is 2. The SMILES string of the molecule is CCCCC/C=C\C/C=C\C/C=C\C/C=C\C/C=C\CCC(=O)OC[C@@H]1COP(=O)(O)O[C@H]2[C@H](O)[C@@H](O)[C@H](O)[C@@H](CCCCCCC(=O)O1)C(=O)C[C@@H](O)[C@H](C=C[C@@H](O)CCCCC)[C@@H](O)[C@H]2OP(=O)(O)O. The van der Waals surface area contributed by atoms with Gasteiger partial charge in [0.2, 0.25) is 0 Å². The minimum Gasteiger partial charge on any atom is -0.462 e. The standard InChI is InChI=1S/C51H84O19P2/c1-3-5-7-8-9-10-11-12-13-14-15-16-17-18-19-20-21-22-27-31-44(55)66-36-39-37-67-72(64,65)70-51-49(60)48(59)46(57)40(30-26-23-24-28-32-45(56)68-39)42(53)35-43(54)41(34-33-38(52)29-25-6-4-2)47(58)50(51)69-71(61,62)63/h9-10,12-13,15-16,18-19,21-22,33-34,38-41,43,46-52,54,57-60H,3-8,11,14,17,20,23-32,35-37H2,1-2H3,(H,64,65)(H2,61,62,63)/b10-9-,13-12-,16-15-,19-18-,22-21-,34-33?/t38-,39+,40-,41-,43+,46+,47+,48-,49+,50+,51-/m0/s1. The molecule has 0 aromatic rings. The number of rotatable bonds is 25. The number of aliphatic hydroxyl groups is 6. The van der Waals surface area contributed by atoms with Gasteiger partial charge in [-0.25, -0.2) is 9.13 Å². The first-order chi connectivity index (χ1) is 34.3. The fraction of sp³-hybridized carbons (Fsp3) is 0.706. The van der Waals surface area contributed by atoms with Crippen LogP contribution in [0.25, 0.3) is 0 Å². The molecule has 19 nitrogen and oxygen atoms in total. The first-order valence-corrected chi connectivity index (χ1v) is 28.6. The topological polar surface area (TPSA) is 314 Å². The Balaban J connectivity index is 2.24. The fourth-order valence-corrected chi connectivity index (χ4v) is 9.62. The number of carbonyl (C=O) groups is 3. The van der Waals surface area contributed by atoms with Gasteiger partial charge in [-0.15, -0.1) is 0 Å². The van der Waals surface area contributed by atoms with E-state index in [0.29, 0.717) is 32.1 Å². The molecule has 12 atom stereocenters. The smallest absolute Gasteiger partial charge is 0.462 e. The van der Waals surface area contributed by atoms with Gasteiger partial charge in [0.05, 0.1) is 31.0 Å². The normalized spacial score (nSPS) is 29.9. The van der Waals surface area contributed by atoms with Crippen molar-refractivity contribution < 1.29 is 91.9 Å². The Morgan fingerprint density at radius 2 is 1.36 bits per heavy atom. The van der Waals surface area contributed by atoms with Crippen LogP contribution in [0, 0.1) is 11.8 Å². The number of aliphatic hydroxyl groups excluding tert-OH is 6. The van der Waals surface area contributed by atoms with Crippen LogP contribution in [-0.2, 0) is 46.6 Å². The first kappa shape index (κ1) is 65.1. The highest BCUT2D eigenvalue weighted by molar-refractivity contribution is 7.47. The number of carbonyl (C=O) groups excluding carboxylic acids is 3. The van der Waals surface area contributed by atoms with Gasteiger partial charge in [-0.2, -0.15) is 0 Å². The summed E-state index contributed by atoms with van der Waals surface area (Å²) in [4.78, 5) is 70.4. The van der Waals surface area contributed by atoms with Crippen molar-refractivity contribution in [3.8, 4) is 0 Å². The number of phosphoric ester groups is 2. The maximum atomic E-state index is 13.8. The summed E-state index contributed by atoms with van der Waals surface area (Å²) < 4.78 is 52.1. The molecule has 1 saturated heterocycles. The van der Waals surface area contributed by atoms with Crippen LogP contribution in [0.3, 0.4) is 0 Å². The monoisotopic (exact) mass is 1060 g/mol. The van der Waals surface area contributed by atoms with Crippen molar-refractivity contribution >= 4 is 33.4 Å². The van der Waals surface area contributed by atoms with E-state index in [-0.39, 0.29) is 38.5 Å². The predicted molar refractivity (Wildman–Crippen MR) is 270 cm³/mol. The molecular formula is C51H84O19P2. The van der Waals surface area contributed by atoms with E-state index in [2.05, 4.69) is 43.4 Å². The molecule has 412 valence electrons. The van der Waals surface area contributed by atoms with E-state index in [9.17, 15) is 68.8 Å². The number of ether oxygens (including phenoxy) is 2. The van der Waals surface area contributed by atoms with E-state index in [1.807, 2.05) is 25.2 Å². The second kappa shape index (κ2) is 36.9. The van der Waals surface area contributed by atoms with Crippen molar-refractivity contribution in [1.82, 2.24) is 0 Å². The number of ketones is 1. The van der Waals surface area contributed by atoms with Crippen LogP contribution in [0.1, 0.15) is 149 Å². The second-order valence-corrected chi connectivity index (χ2v) is 20.9. The molecule has 2 rings (SSSR count). The van der Waals surface area contributed by atoms with E-state index < -0.39 is 120 Å². The van der Waals surface area contributed by atoms with Crippen LogP contribution in [0.4, 0.5) is 0 Å². The predicted octanol–water partition coefficient (Wildman–Crippen LogP) is 6.98. The van der Waals surface area contributed by atoms with E-state index in [0.717, 1.165) is 44.6 Å². The number of cyclic esters (lactones) is 1. The van der Waals surface area contributed by atoms with Gasteiger partial charge in [0.1, 0.15) is 36.8 Å². The Kier molecular flexibility index (Phi) is 33.4. The Hall–Kier alpha value is -2.97. The van der Waals surface area contributed by atoms with Crippen molar-refractivity contribution in [2.75, 3.05) is 13.2 Å². The van der Waals surface area contributed by atoms with Crippen molar-refractivity contribution in [3.63, 3.8) is 0 Å². The van der Waals surface area contributed by atoms with Crippen molar-refractivity contribution in [2.24, 2.45) is 11.8 Å². The van der Waals surface area contributed by atoms with Crippen LogP contribution in [0.15, 0.2) is 72.9 Å². The summed E-state index contributed by atoms with van der Waals surface area (Å²) in [5, 5.41) is 68.2. The van der Waals surface area contributed by atoms with Gasteiger partial charge < -0.3 is 54.8 Å². The molecule has 1 aliphatic heterocycles. The molecule has 0 aromatic carbocycles. The third-order valence-electron chi connectivity index (χ3n) is 12.2. The molecule has 72 heavy (non-hydrogen) atoms. The molecule has 1 unspecified atom stereocenters. The van der Waals surface area contributed by atoms with Crippen LogP contribution < -0.4 is 0 Å². The Bertz CT molecular complexity index is 1830. The molecule has 21 heteroatoms. The number of Topliss-reactive ketones (excluding diaryl/α,β-unsaturated/α-hetero) is 1. The number of unbranched alkanes of at least 4 members (excludes halogenated alkanes) is 5. The van der Waals surface area contributed by atoms with Crippen LogP contribution in [0.2, 0.25) is 0 Å². The quantitative estimate of drug-likeness (QED) is 0.0193. The molecule has 1 aliphatic carbocycles. The maximum absolute atomic E-state index is 13.8. The van der Waals surface area contributed by atoms with Gasteiger partial charge in [0.25, 0.3) is 0 Å². The first-order valence-electron chi connectivity index (χ1n) is 25.6. The van der Waals surface area contributed by atoms with E-state index in [1.54, 1.807) is 6.08 Å². The van der Waals surface area contributed by atoms with E-state index >= 15 is 0 Å². The zero-order valence-electron chi connectivity index (χ0n) is 42.0. The average Bonchev–Trinajstić information content (AvgIpc) is 3.32. The van der Waals surface area contributed by atoms with Crippen molar-refractivity contribution in [3.05, 3.63) is 72.9 Å². The molecule has 2 bridgehead atoms. The highest BCUT2D eigenvalue weighted by atomic mass is 31.2. The Morgan fingerprint density at radius 1 is 0.778 bits per heavy atom. The van der Waals surface area contributed by atoms with Crippen LogP contribution in [0.5, 0.6) is 0 Å².